The highest BCUT2D eigenvalue weighted by Gasteiger charge is 2.12. The molecule has 146 valence electrons. The van der Waals surface area contributed by atoms with Gasteiger partial charge in [-0.1, -0.05) is 12.1 Å². The largest absolute Gasteiger partial charge is 0.486 e. The fourth-order valence-corrected chi connectivity index (χ4v) is 2.84. The van der Waals surface area contributed by atoms with Crippen LogP contribution in [0.15, 0.2) is 60.9 Å². The third kappa shape index (κ3) is 4.71. The Bertz CT molecular complexity index is 914. The van der Waals surface area contributed by atoms with Crippen LogP contribution in [0.4, 0.5) is 5.69 Å². The van der Waals surface area contributed by atoms with E-state index in [9.17, 15) is 4.79 Å². The molecule has 0 fully saturated rings. The molecule has 3 aromatic rings. The lowest BCUT2D eigenvalue weighted by molar-refractivity contribution is 0.0785. The van der Waals surface area contributed by atoms with E-state index in [1.54, 1.807) is 23.2 Å². The molecular formula is C22H26N4O2. The molecule has 0 saturated heterocycles. The maximum absolute atomic E-state index is 12.7. The molecular weight excluding hydrogens is 352 g/mol. The number of benzene rings is 2. The van der Waals surface area contributed by atoms with Gasteiger partial charge >= 0.3 is 0 Å². The average molecular weight is 378 g/mol. The number of carbonyl (C=O) groups is 1. The van der Waals surface area contributed by atoms with Crippen LogP contribution in [0.25, 0.3) is 0 Å². The third-order valence-electron chi connectivity index (χ3n) is 4.61. The van der Waals surface area contributed by atoms with Gasteiger partial charge in [0.1, 0.15) is 18.2 Å². The first kappa shape index (κ1) is 19.5. The lowest BCUT2D eigenvalue weighted by atomic mass is 10.1. The molecule has 0 radical (unpaired) electrons. The van der Waals surface area contributed by atoms with Gasteiger partial charge in [-0.15, -0.1) is 0 Å². The Morgan fingerprint density at radius 2 is 1.71 bits per heavy atom. The summed E-state index contributed by atoms with van der Waals surface area (Å²) in [4.78, 5) is 20.7. The van der Waals surface area contributed by atoms with E-state index in [4.69, 9.17) is 4.74 Å². The lowest BCUT2D eigenvalue weighted by Crippen LogP contribution is -2.26. The van der Waals surface area contributed by atoms with Gasteiger partial charge in [-0.25, -0.2) is 4.98 Å². The first-order valence-electron chi connectivity index (χ1n) is 9.15. The number of anilines is 1. The minimum Gasteiger partial charge on any atom is -0.486 e. The van der Waals surface area contributed by atoms with E-state index in [2.05, 4.69) is 22.0 Å². The molecule has 0 atom stereocenters. The Hall–Kier alpha value is -3.28. The van der Waals surface area contributed by atoms with Crippen molar-refractivity contribution in [1.29, 1.82) is 0 Å². The van der Waals surface area contributed by atoms with Crippen LogP contribution < -0.4 is 9.64 Å². The minimum atomic E-state index is -0.0210. The summed E-state index contributed by atoms with van der Waals surface area (Å²) in [6, 6.07) is 15.4. The number of carbonyl (C=O) groups excluding carboxylic acids is 1. The highest BCUT2D eigenvalue weighted by Crippen LogP contribution is 2.17. The molecule has 0 N–H and O–H groups in total. The second kappa shape index (κ2) is 8.61. The number of hydrogen-bond acceptors (Lipinski definition) is 4. The number of hydrogen-bond donors (Lipinski definition) is 0. The predicted octanol–water partition coefficient (Wildman–Crippen LogP) is 3.34. The first-order valence-corrected chi connectivity index (χ1v) is 9.15. The summed E-state index contributed by atoms with van der Waals surface area (Å²) in [6.45, 7) is 0.948. The Balaban J connectivity index is 1.58. The van der Waals surface area contributed by atoms with Gasteiger partial charge in [-0.2, -0.15) is 0 Å². The van der Waals surface area contributed by atoms with Crippen molar-refractivity contribution >= 4 is 11.6 Å². The topological polar surface area (TPSA) is 50.6 Å². The zero-order valence-corrected chi connectivity index (χ0v) is 16.8. The molecule has 0 unspecified atom stereocenters. The van der Waals surface area contributed by atoms with E-state index in [1.165, 1.54) is 0 Å². The third-order valence-corrected chi connectivity index (χ3v) is 4.61. The number of rotatable bonds is 7. The summed E-state index contributed by atoms with van der Waals surface area (Å²) in [5.74, 6) is 1.54. The van der Waals surface area contributed by atoms with Gasteiger partial charge in [0.25, 0.3) is 5.91 Å². The Morgan fingerprint density at radius 1 is 1.04 bits per heavy atom. The number of amides is 1. The van der Waals surface area contributed by atoms with Crippen LogP contribution >= 0.6 is 0 Å². The molecule has 0 aliphatic rings. The van der Waals surface area contributed by atoms with Crippen molar-refractivity contribution in [3.05, 3.63) is 77.9 Å². The van der Waals surface area contributed by atoms with Crippen molar-refractivity contribution in [2.24, 2.45) is 7.05 Å². The highest BCUT2D eigenvalue weighted by atomic mass is 16.5. The number of ether oxygens (including phenoxy) is 1. The maximum atomic E-state index is 12.7. The zero-order chi connectivity index (χ0) is 20.1. The first-order chi connectivity index (χ1) is 13.4. The van der Waals surface area contributed by atoms with E-state index >= 15 is 0 Å². The molecule has 6 heteroatoms. The average Bonchev–Trinajstić information content (AvgIpc) is 3.11. The van der Waals surface area contributed by atoms with E-state index in [0.717, 1.165) is 17.1 Å². The monoisotopic (exact) mass is 378 g/mol. The van der Waals surface area contributed by atoms with Gasteiger partial charge in [-0.3, -0.25) is 4.79 Å². The molecule has 0 spiro atoms. The molecule has 28 heavy (non-hydrogen) atoms. The summed E-state index contributed by atoms with van der Waals surface area (Å²) >= 11 is 0. The van der Waals surface area contributed by atoms with Crippen molar-refractivity contribution in [2.75, 3.05) is 26.0 Å². The second-order valence-corrected chi connectivity index (χ2v) is 6.99. The number of aryl methyl sites for hydroxylation is 1. The van der Waals surface area contributed by atoms with E-state index < -0.39 is 0 Å². The molecule has 6 nitrogen and oxygen atoms in total. The van der Waals surface area contributed by atoms with Crippen LogP contribution in [0.5, 0.6) is 5.75 Å². The van der Waals surface area contributed by atoms with Gasteiger partial charge < -0.3 is 19.1 Å². The van der Waals surface area contributed by atoms with Crippen LogP contribution in [0.1, 0.15) is 21.7 Å². The van der Waals surface area contributed by atoms with E-state index in [0.29, 0.717) is 24.5 Å². The molecule has 0 aliphatic heterocycles. The summed E-state index contributed by atoms with van der Waals surface area (Å²) in [7, 11) is 7.76. The molecule has 0 bridgehead atoms. The molecule has 1 heterocycles. The van der Waals surface area contributed by atoms with Crippen molar-refractivity contribution < 1.29 is 9.53 Å². The molecule has 3 rings (SSSR count). The normalized spacial score (nSPS) is 10.6. The van der Waals surface area contributed by atoms with Gasteiger partial charge in [-0.05, 0) is 42.0 Å². The fourth-order valence-electron chi connectivity index (χ4n) is 2.84. The molecule has 1 amide bonds. The van der Waals surface area contributed by atoms with Crippen LogP contribution in [0, 0.1) is 0 Å². The lowest BCUT2D eigenvalue weighted by Gasteiger charge is -2.19. The molecule has 0 aliphatic carbocycles. The van der Waals surface area contributed by atoms with E-state index in [1.807, 2.05) is 63.2 Å². The van der Waals surface area contributed by atoms with Gasteiger partial charge in [0, 0.05) is 58.4 Å². The van der Waals surface area contributed by atoms with E-state index in [-0.39, 0.29) is 5.91 Å². The Kier molecular flexibility index (Phi) is 5.99. The summed E-state index contributed by atoms with van der Waals surface area (Å²) in [5, 5.41) is 0. The van der Waals surface area contributed by atoms with Crippen molar-refractivity contribution in [3.8, 4) is 5.75 Å². The quantitative estimate of drug-likeness (QED) is 0.633. The summed E-state index contributed by atoms with van der Waals surface area (Å²) in [6.07, 6.45) is 3.62. The van der Waals surface area contributed by atoms with Gasteiger partial charge in [0.05, 0.1) is 0 Å². The maximum Gasteiger partial charge on any atom is 0.253 e. The standard InChI is InChI=1S/C22H26N4O2/c1-24(2)19-9-5-17(6-10-19)15-26(4)22(27)18-7-11-20(12-8-18)28-16-21-23-13-14-25(21)3/h5-14H,15-16H2,1-4H3. The Labute approximate surface area is 166 Å². The molecule has 0 saturated carbocycles. The highest BCUT2D eigenvalue weighted by molar-refractivity contribution is 5.94. The van der Waals surface area contributed by atoms with Crippen LogP contribution in [-0.4, -0.2) is 41.5 Å². The number of aromatic nitrogens is 2. The fraction of sp³-hybridized carbons (Fsp3) is 0.273. The van der Waals surface area contributed by atoms with Crippen molar-refractivity contribution in [3.63, 3.8) is 0 Å². The van der Waals surface area contributed by atoms with Gasteiger partial charge in [0.15, 0.2) is 0 Å². The Morgan fingerprint density at radius 3 is 2.29 bits per heavy atom. The van der Waals surface area contributed by atoms with Crippen LogP contribution in [-0.2, 0) is 20.2 Å². The number of imidazole rings is 1. The smallest absolute Gasteiger partial charge is 0.253 e. The zero-order valence-electron chi connectivity index (χ0n) is 16.8. The van der Waals surface area contributed by atoms with Gasteiger partial charge in [0.2, 0.25) is 0 Å². The predicted molar refractivity (Wildman–Crippen MR) is 111 cm³/mol. The minimum absolute atomic E-state index is 0.0210. The van der Waals surface area contributed by atoms with Crippen molar-refractivity contribution in [1.82, 2.24) is 14.5 Å². The summed E-state index contributed by atoms with van der Waals surface area (Å²) < 4.78 is 7.65. The van der Waals surface area contributed by atoms with Crippen LogP contribution in [0.2, 0.25) is 0 Å². The second-order valence-electron chi connectivity index (χ2n) is 6.99. The molecule has 2 aromatic carbocycles. The van der Waals surface area contributed by atoms with Crippen molar-refractivity contribution in [2.45, 2.75) is 13.2 Å². The summed E-state index contributed by atoms with van der Waals surface area (Å²) in [5.41, 5.74) is 2.87. The number of nitrogens with zero attached hydrogens (tertiary/aromatic N) is 4. The molecule has 1 aromatic heterocycles. The van der Waals surface area contributed by atoms with Crippen LogP contribution in [0.3, 0.4) is 0 Å². The SMILES string of the molecule is CN(Cc1ccc(N(C)C)cc1)C(=O)c1ccc(OCc2nccn2C)cc1.